The molecule has 0 aliphatic carbocycles. The zero-order chi connectivity index (χ0) is 38.3. The normalized spacial score (nSPS) is 17.7. The summed E-state index contributed by atoms with van der Waals surface area (Å²) in [5.74, 6) is -1.72. The Kier molecular flexibility index (Phi) is 9.68. The Morgan fingerprint density at radius 3 is 2.34 bits per heavy atom. The highest BCUT2D eigenvalue weighted by molar-refractivity contribution is 6.12. The molecule has 2 amide bonds. The number of halogens is 2. The zero-order valence-corrected chi connectivity index (χ0v) is 30.9. The van der Waals surface area contributed by atoms with Crippen LogP contribution in [0.15, 0.2) is 84.9 Å². The number of carbonyl (C=O) groups excluding carboxylic acids is 2. The molecule has 9 rings (SSSR count). The summed E-state index contributed by atoms with van der Waals surface area (Å²) in [6, 6.07) is 23.0. The van der Waals surface area contributed by atoms with Crippen LogP contribution in [-0.2, 0) is 30.7 Å². The Balaban J connectivity index is 1.14. The fourth-order valence-corrected chi connectivity index (χ4v) is 8.54. The first kappa shape index (κ1) is 35.9. The second kappa shape index (κ2) is 15.1. The van der Waals surface area contributed by atoms with Crippen molar-refractivity contribution in [3.8, 4) is 28.5 Å². The van der Waals surface area contributed by atoms with Crippen molar-refractivity contribution >= 4 is 23.2 Å². The maximum absolute atomic E-state index is 15.2. The predicted octanol–water partition coefficient (Wildman–Crippen LogP) is 7.47. The molecule has 0 bridgehead atoms. The molecule has 12 heteroatoms. The van der Waals surface area contributed by atoms with Gasteiger partial charge in [0.05, 0.1) is 30.0 Å². The Bertz CT molecular complexity index is 2300. The molecule has 288 valence electrons. The van der Waals surface area contributed by atoms with Crippen LogP contribution in [0.4, 0.5) is 20.2 Å². The summed E-state index contributed by atoms with van der Waals surface area (Å²) < 4.78 is 48.2. The second-order valence-corrected chi connectivity index (χ2v) is 14.8. The number of nitrogens with zero attached hydrogens (tertiary/aromatic N) is 4. The third-order valence-electron chi connectivity index (χ3n) is 11.5. The van der Waals surface area contributed by atoms with Gasteiger partial charge in [0.1, 0.15) is 5.75 Å². The lowest BCUT2D eigenvalue weighted by atomic mass is 9.90. The highest BCUT2D eigenvalue weighted by atomic mass is 19.2. The Morgan fingerprint density at radius 2 is 1.55 bits per heavy atom. The lowest BCUT2D eigenvalue weighted by Crippen LogP contribution is -2.47. The zero-order valence-electron chi connectivity index (χ0n) is 30.9. The summed E-state index contributed by atoms with van der Waals surface area (Å²) >= 11 is 0. The van der Waals surface area contributed by atoms with Gasteiger partial charge in [0.15, 0.2) is 23.1 Å². The number of carbonyl (C=O) groups is 2. The highest BCUT2D eigenvalue weighted by Gasteiger charge is 2.35. The largest absolute Gasteiger partial charge is 0.508 e. The van der Waals surface area contributed by atoms with E-state index in [4.69, 9.17) is 14.2 Å². The van der Waals surface area contributed by atoms with Crippen molar-refractivity contribution in [1.29, 1.82) is 0 Å². The van der Waals surface area contributed by atoms with Crippen LogP contribution in [0.5, 0.6) is 17.2 Å². The summed E-state index contributed by atoms with van der Waals surface area (Å²) in [4.78, 5) is 35.7. The third-order valence-corrected chi connectivity index (χ3v) is 11.5. The maximum Gasteiger partial charge on any atom is 0.264 e. The molecule has 5 heterocycles. The fourth-order valence-electron chi connectivity index (χ4n) is 8.54. The van der Waals surface area contributed by atoms with Gasteiger partial charge >= 0.3 is 0 Å². The van der Waals surface area contributed by atoms with Crippen molar-refractivity contribution in [1.82, 2.24) is 14.4 Å². The van der Waals surface area contributed by atoms with Gasteiger partial charge in [-0.15, -0.1) is 0 Å². The quantitative estimate of drug-likeness (QED) is 0.175. The first-order valence-corrected chi connectivity index (χ1v) is 19.2. The van der Waals surface area contributed by atoms with Crippen LogP contribution in [0.25, 0.3) is 11.3 Å². The summed E-state index contributed by atoms with van der Waals surface area (Å²) in [6.45, 7) is 5.09. The summed E-state index contributed by atoms with van der Waals surface area (Å²) in [5.41, 5.74) is 5.78. The van der Waals surface area contributed by atoms with E-state index < -0.39 is 17.5 Å². The minimum absolute atomic E-state index is 0.00417. The molecule has 0 radical (unpaired) electrons. The van der Waals surface area contributed by atoms with Crippen LogP contribution in [0.3, 0.4) is 0 Å². The molecule has 5 aromatic rings. The molecule has 56 heavy (non-hydrogen) atoms. The van der Waals surface area contributed by atoms with E-state index in [0.29, 0.717) is 72.3 Å². The molecule has 0 unspecified atom stereocenters. The number of anilines is 2. The number of phenolic OH excluding ortho intramolecular Hbond substituents is 1. The van der Waals surface area contributed by atoms with Crippen molar-refractivity contribution in [2.45, 2.75) is 51.2 Å². The minimum atomic E-state index is -1.09. The summed E-state index contributed by atoms with van der Waals surface area (Å²) in [7, 11) is 0. The molecular weight excluding hydrogens is 719 g/mol. The molecular formula is C44H42F2N4O6. The molecule has 0 spiro atoms. The Morgan fingerprint density at radius 1 is 0.804 bits per heavy atom. The average Bonchev–Trinajstić information content (AvgIpc) is 3.86. The molecule has 4 aliphatic rings. The molecule has 10 nitrogen and oxygen atoms in total. The van der Waals surface area contributed by atoms with Gasteiger partial charge in [0.25, 0.3) is 11.8 Å². The molecule has 0 saturated carbocycles. The summed E-state index contributed by atoms with van der Waals surface area (Å²) in [5, 5.41) is 10.0. The number of amides is 2. The van der Waals surface area contributed by atoms with Crippen LogP contribution >= 0.6 is 0 Å². The lowest BCUT2D eigenvalue weighted by molar-refractivity contribution is 0.0308. The molecule has 1 atom stereocenters. The van der Waals surface area contributed by atoms with E-state index in [2.05, 4.69) is 27.7 Å². The van der Waals surface area contributed by atoms with E-state index >= 15 is 4.79 Å². The fraction of sp³-hybridized carbons (Fsp3) is 0.318. The number of aromatic nitrogens is 1. The van der Waals surface area contributed by atoms with E-state index in [1.807, 2.05) is 23.1 Å². The number of hydrogen-bond donors (Lipinski definition) is 1. The van der Waals surface area contributed by atoms with Gasteiger partial charge in [-0.2, -0.15) is 0 Å². The highest BCUT2D eigenvalue weighted by Crippen LogP contribution is 2.43. The standard InChI is InChI=1S/C44H42F2N4O6/c45-37-13-10-32(22-38(37)46)50(30-8-11-33(51)12-9-30)44(53)36-23-40(48-15-4-3-7-39(36)48)34-24-41-42(56-27-55-41)25-35(34)43(52)49-26-29-6-2-1-5-28(29)21-31(49)14-16-47-17-19-54-20-18-47/h1-2,5-6,8-13,22-25,31,51H,3-4,7,14-21,26-27H2/t31-/m1/s1. The molecule has 1 saturated heterocycles. The van der Waals surface area contributed by atoms with E-state index in [9.17, 15) is 18.7 Å². The number of morpholine rings is 1. The number of ether oxygens (including phenoxy) is 3. The van der Waals surface area contributed by atoms with Gasteiger partial charge in [-0.1, -0.05) is 24.3 Å². The van der Waals surface area contributed by atoms with E-state index in [1.165, 1.54) is 28.7 Å². The second-order valence-electron chi connectivity index (χ2n) is 14.8. The van der Waals surface area contributed by atoms with Gasteiger partial charge in [0, 0.05) is 67.5 Å². The van der Waals surface area contributed by atoms with Gasteiger partial charge < -0.3 is 28.8 Å². The molecule has 1 fully saturated rings. The van der Waals surface area contributed by atoms with E-state index in [0.717, 1.165) is 68.7 Å². The van der Waals surface area contributed by atoms with Crippen molar-refractivity contribution in [2.75, 3.05) is 44.5 Å². The monoisotopic (exact) mass is 760 g/mol. The van der Waals surface area contributed by atoms with Gasteiger partial charge in [0.2, 0.25) is 6.79 Å². The Hall–Kier alpha value is -5.72. The topological polar surface area (TPSA) is 96.7 Å². The van der Waals surface area contributed by atoms with E-state index in [-0.39, 0.29) is 30.2 Å². The first-order chi connectivity index (χ1) is 27.3. The van der Waals surface area contributed by atoms with Gasteiger partial charge in [-0.05, 0) is 97.8 Å². The number of hydrogen-bond acceptors (Lipinski definition) is 7. The van der Waals surface area contributed by atoms with Gasteiger partial charge in [-0.3, -0.25) is 19.4 Å². The van der Waals surface area contributed by atoms with Crippen molar-refractivity contribution in [3.63, 3.8) is 0 Å². The summed E-state index contributed by atoms with van der Waals surface area (Å²) in [6.07, 6.45) is 3.85. The SMILES string of the molecule is O=C(c1cc(-c2cc3c(cc2C(=O)N2Cc4ccccc4C[C@H]2CCN2CCOCC2)OCO3)n2c1CCCC2)N(c1ccc(O)cc1)c1ccc(F)c(F)c1. The first-order valence-electron chi connectivity index (χ1n) is 19.2. The number of fused-ring (bicyclic) bond motifs is 3. The molecule has 4 aromatic carbocycles. The molecule has 1 N–H and O–H groups in total. The van der Waals surface area contributed by atoms with Crippen molar-refractivity contribution < 1.29 is 37.7 Å². The lowest BCUT2D eigenvalue weighted by Gasteiger charge is -2.39. The minimum Gasteiger partial charge on any atom is -0.508 e. The third kappa shape index (κ3) is 6.77. The van der Waals surface area contributed by atoms with Crippen LogP contribution in [0, 0.1) is 11.6 Å². The predicted molar refractivity (Wildman–Crippen MR) is 206 cm³/mol. The number of benzene rings is 4. The van der Waals surface area contributed by atoms with E-state index in [1.54, 1.807) is 18.2 Å². The van der Waals surface area contributed by atoms with Crippen LogP contribution < -0.4 is 14.4 Å². The average molecular weight is 761 g/mol. The van der Waals surface area contributed by atoms with Crippen molar-refractivity contribution in [2.24, 2.45) is 0 Å². The Labute approximate surface area is 323 Å². The van der Waals surface area contributed by atoms with Crippen LogP contribution in [0.2, 0.25) is 0 Å². The maximum atomic E-state index is 15.2. The molecule has 1 aromatic heterocycles. The van der Waals surface area contributed by atoms with Crippen LogP contribution in [0.1, 0.15) is 56.8 Å². The molecule has 4 aliphatic heterocycles. The smallest absolute Gasteiger partial charge is 0.264 e. The van der Waals surface area contributed by atoms with Crippen molar-refractivity contribution in [3.05, 3.63) is 125 Å². The van der Waals surface area contributed by atoms with Gasteiger partial charge in [-0.25, -0.2) is 8.78 Å². The number of phenols is 1. The number of aromatic hydroxyl groups is 1. The number of rotatable bonds is 8. The van der Waals surface area contributed by atoms with Crippen LogP contribution in [-0.4, -0.2) is 77.0 Å².